The predicted molar refractivity (Wildman–Crippen MR) is 53.6 cm³/mol. The first kappa shape index (κ1) is 10.5. The highest BCUT2D eigenvalue weighted by atomic mass is 16.2. The van der Waals surface area contributed by atoms with Gasteiger partial charge < -0.3 is 9.80 Å². The SMILES string of the molecule is CCN1CCC(N(CC)C(C)=O)C1. The van der Waals surface area contributed by atoms with E-state index in [9.17, 15) is 4.79 Å². The van der Waals surface area contributed by atoms with E-state index >= 15 is 0 Å². The Bertz CT molecular complexity index is 182. The molecule has 3 nitrogen and oxygen atoms in total. The van der Waals surface area contributed by atoms with E-state index in [-0.39, 0.29) is 5.91 Å². The lowest BCUT2D eigenvalue weighted by atomic mass is 10.2. The Morgan fingerprint density at radius 1 is 1.54 bits per heavy atom. The van der Waals surface area contributed by atoms with Crippen molar-refractivity contribution in [1.82, 2.24) is 9.80 Å². The second-order valence-electron chi connectivity index (χ2n) is 3.64. The van der Waals surface area contributed by atoms with Crippen LogP contribution in [0.5, 0.6) is 0 Å². The van der Waals surface area contributed by atoms with E-state index in [1.807, 2.05) is 4.90 Å². The summed E-state index contributed by atoms with van der Waals surface area (Å²) in [7, 11) is 0. The van der Waals surface area contributed by atoms with Crippen molar-refractivity contribution in [2.75, 3.05) is 26.2 Å². The summed E-state index contributed by atoms with van der Waals surface area (Å²) in [6, 6.07) is 0.461. The molecule has 13 heavy (non-hydrogen) atoms. The number of rotatable bonds is 3. The zero-order valence-corrected chi connectivity index (χ0v) is 8.92. The normalized spacial score (nSPS) is 23.5. The third-order valence-corrected chi connectivity index (χ3v) is 2.88. The van der Waals surface area contributed by atoms with Gasteiger partial charge in [-0.15, -0.1) is 0 Å². The maximum atomic E-state index is 11.3. The van der Waals surface area contributed by atoms with E-state index in [1.165, 1.54) is 0 Å². The molecule has 0 N–H and O–H groups in total. The van der Waals surface area contributed by atoms with Gasteiger partial charge in [-0.1, -0.05) is 6.92 Å². The Balaban J connectivity index is 2.48. The summed E-state index contributed by atoms with van der Waals surface area (Å²) in [6.45, 7) is 10.0. The van der Waals surface area contributed by atoms with Gasteiger partial charge in [-0.05, 0) is 19.9 Å². The molecule has 0 radical (unpaired) electrons. The van der Waals surface area contributed by atoms with E-state index in [1.54, 1.807) is 6.92 Å². The number of likely N-dealkylation sites (N-methyl/N-ethyl adjacent to an activating group) is 2. The number of hydrogen-bond donors (Lipinski definition) is 0. The molecule has 1 saturated heterocycles. The molecule has 1 aliphatic rings. The van der Waals surface area contributed by atoms with Crippen molar-refractivity contribution in [3.63, 3.8) is 0 Å². The second-order valence-corrected chi connectivity index (χ2v) is 3.64. The average Bonchev–Trinajstić information content (AvgIpc) is 2.53. The summed E-state index contributed by atoms with van der Waals surface area (Å²) in [5.74, 6) is 0.213. The molecule has 1 heterocycles. The van der Waals surface area contributed by atoms with Crippen LogP contribution in [0.3, 0.4) is 0 Å². The molecule has 1 atom stereocenters. The molecule has 0 aliphatic carbocycles. The minimum Gasteiger partial charge on any atom is -0.339 e. The second kappa shape index (κ2) is 4.61. The van der Waals surface area contributed by atoms with Crippen molar-refractivity contribution in [2.45, 2.75) is 33.2 Å². The van der Waals surface area contributed by atoms with Gasteiger partial charge in [-0.3, -0.25) is 4.79 Å². The summed E-state index contributed by atoms with van der Waals surface area (Å²) in [5.41, 5.74) is 0. The number of hydrogen-bond acceptors (Lipinski definition) is 2. The van der Waals surface area contributed by atoms with Crippen LogP contribution in [0, 0.1) is 0 Å². The number of likely N-dealkylation sites (tertiary alicyclic amines) is 1. The number of carbonyl (C=O) groups is 1. The summed E-state index contributed by atoms with van der Waals surface area (Å²) < 4.78 is 0. The maximum Gasteiger partial charge on any atom is 0.219 e. The molecule has 0 saturated carbocycles. The molecule has 0 aromatic heterocycles. The Morgan fingerprint density at radius 2 is 2.23 bits per heavy atom. The van der Waals surface area contributed by atoms with Crippen LogP contribution in [0.1, 0.15) is 27.2 Å². The zero-order valence-electron chi connectivity index (χ0n) is 8.92. The van der Waals surface area contributed by atoms with Gasteiger partial charge in [0.25, 0.3) is 0 Å². The Labute approximate surface area is 80.7 Å². The highest BCUT2D eigenvalue weighted by molar-refractivity contribution is 5.73. The van der Waals surface area contributed by atoms with E-state index in [2.05, 4.69) is 18.7 Å². The molecule has 0 spiro atoms. The van der Waals surface area contributed by atoms with Crippen LogP contribution in [0.25, 0.3) is 0 Å². The minimum atomic E-state index is 0.213. The third kappa shape index (κ3) is 2.44. The van der Waals surface area contributed by atoms with Gasteiger partial charge in [-0.2, -0.15) is 0 Å². The zero-order chi connectivity index (χ0) is 9.84. The van der Waals surface area contributed by atoms with E-state index in [0.717, 1.165) is 32.6 Å². The van der Waals surface area contributed by atoms with Crippen molar-refractivity contribution in [3.8, 4) is 0 Å². The minimum absolute atomic E-state index is 0.213. The van der Waals surface area contributed by atoms with Gasteiger partial charge in [0.2, 0.25) is 5.91 Å². The molecule has 0 aromatic carbocycles. The van der Waals surface area contributed by atoms with Gasteiger partial charge in [0.1, 0.15) is 0 Å². The van der Waals surface area contributed by atoms with E-state index in [4.69, 9.17) is 0 Å². The molecule has 76 valence electrons. The van der Waals surface area contributed by atoms with Gasteiger partial charge >= 0.3 is 0 Å². The molecule has 1 unspecified atom stereocenters. The Hall–Kier alpha value is -0.570. The topological polar surface area (TPSA) is 23.6 Å². The van der Waals surface area contributed by atoms with Crippen LogP contribution in [0.4, 0.5) is 0 Å². The maximum absolute atomic E-state index is 11.3. The smallest absolute Gasteiger partial charge is 0.219 e. The molecule has 1 amide bonds. The third-order valence-electron chi connectivity index (χ3n) is 2.88. The van der Waals surface area contributed by atoms with Crippen LogP contribution >= 0.6 is 0 Å². The average molecular weight is 184 g/mol. The van der Waals surface area contributed by atoms with Crippen molar-refractivity contribution in [1.29, 1.82) is 0 Å². The summed E-state index contributed by atoms with van der Waals surface area (Å²) in [4.78, 5) is 15.6. The van der Waals surface area contributed by atoms with Crippen LogP contribution in [0.15, 0.2) is 0 Å². The van der Waals surface area contributed by atoms with Gasteiger partial charge in [0.05, 0.1) is 0 Å². The molecule has 3 heteroatoms. The van der Waals surface area contributed by atoms with Gasteiger partial charge in [0, 0.05) is 32.6 Å². The standard InChI is InChI=1S/C10H20N2O/c1-4-11-7-6-10(8-11)12(5-2)9(3)13/h10H,4-8H2,1-3H3. The van der Waals surface area contributed by atoms with Crippen molar-refractivity contribution >= 4 is 5.91 Å². The van der Waals surface area contributed by atoms with Crippen molar-refractivity contribution in [3.05, 3.63) is 0 Å². The van der Waals surface area contributed by atoms with Crippen molar-refractivity contribution < 1.29 is 4.79 Å². The lowest BCUT2D eigenvalue weighted by Gasteiger charge is -2.26. The van der Waals surface area contributed by atoms with Crippen LogP contribution in [0.2, 0.25) is 0 Å². The largest absolute Gasteiger partial charge is 0.339 e. The lowest BCUT2D eigenvalue weighted by Crippen LogP contribution is -2.40. The van der Waals surface area contributed by atoms with Gasteiger partial charge in [-0.25, -0.2) is 0 Å². The predicted octanol–water partition coefficient (Wildman–Crippen LogP) is 0.949. The van der Waals surface area contributed by atoms with Gasteiger partial charge in [0.15, 0.2) is 0 Å². The van der Waals surface area contributed by atoms with Crippen molar-refractivity contribution in [2.24, 2.45) is 0 Å². The molecule has 1 aliphatic heterocycles. The van der Waals surface area contributed by atoms with Crippen LogP contribution < -0.4 is 0 Å². The Morgan fingerprint density at radius 3 is 2.62 bits per heavy atom. The molecule has 0 aromatic rings. The molecule has 1 rings (SSSR count). The first-order chi connectivity index (χ1) is 6.19. The first-order valence-corrected chi connectivity index (χ1v) is 5.18. The number of carbonyl (C=O) groups excluding carboxylic acids is 1. The first-order valence-electron chi connectivity index (χ1n) is 5.18. The molecule has 1 fully saturated rings. The summed E-state index contributed by atoms with van der Waals surface area (Å²) in [5, 5.41) is 0. The van der Waals surface area contributed by atoms with E-state index in [0.29, 0.717) is 6.04 Å². The molecular formula is C10H20N2O. The molecule has 0 bridgehead atoms. The van der Waals surface area contributed by atoms with Crippen LogP contribution in [-0.4, -0.2) is 47.9 Å². The summed E-state index contributed by atoms with van der Waals surface area (Å²) in [6.07, 6.45) is 1.14. The fourth-order valence-electron chi connectivity index (χ4n) is 2.09. The number of nitrogens with zero attached hydrogens (tertiary/aromatic N) is 2. The Kier molecular flexibility index (Phi) is 3.72. The highest BCUT2D eigenvalue weighted by Gasteiger charge is 2.26. The quantitative estimate of drug-likeness (QED) is 0.652. The number of amides is 1. The fraction of sp³-hybridized carbons (Fsp3) is 0.900. The highest BCUT2D eigenvalue weighted by Crippen LogP contribution is 2.14. The monoisotopic (exact) mass is 184 g/mol. The fourth-order valence-corrected chi connectivity index (χ4v) is 2.09. The van der Waals surface area contributed by atoms with Crippen LogP contribution in [-0.2, 0) is 4.79 Å². The molecular weight excluding hydrogens is 164 g/mol. The van der Waals surface area contributed by atoms with E-state index < -0.39 is 0 Å². The summed E-state index contributed by atoms with van der Waals surface area (Å²) >= 11 is 0. The lowest BCUT2D eigenvalue weighted by molar-refractivity contribution is -0.130.